The van der Waals surface area contributed by atoms with Gasteiger partial charge >= 0.3 is 0 Å². The van der Waals surface area contributed by atoms with Crippen molar-refractivity contribution in [2.45, 2.75) is 11.8 Å². The van der Waals surface area contributed by atoms with Crippen LogP contribution in [0.15, 0.2) is 58.3 Å². The topological polar surface area (TPSA) is 52.3 Å². The van der Waals surface area contributed by atoms with Gasteiger partial charge in [0.2, 0.25) is 0 Å². The minimum absolute atomic E-state index is 0.611. The molecule has 2 aromatic rings. The number of rotatable bonds is 2. The Kier molecular flexibility index (Phi) is 2.87. The van der Waals surface area contributed by atoms with E-state index < -0.39 is 10.8 Å². The number of allylic oxidation sites excluding steroid dienone is 1. The lowest BCUT2D eigenvalue weighted by atomic mass is 10.1. The zero-order valence-electron chi connectivity index (χ0n) is 10.4. The zero-order valence-corrected chi connectivity index (χ0v) is 11.2. The van der Waals surface area contributed by atoms with Crippen molar-refractivity contribution in [2.24, 2.45) is 5.73 Å². The molecule has 0 spiro atoms. The van der Waals surface area contributed by atoms with E-state index in [9.17, 15) is 4.21 Å². The summed E-state index contributed by atoms with van der Waals surface area (Å²) in [5.74, 6) is 1.42. The lowest BCUT2D eigenvalue weighted by molar-refractivity contribution is 0.481. The maximum absolute atomic E-state index is 12.1. The third-order valence-electron chi connectivity index (χ3n) is 3.08. The van der Waals surface area contributed by atoms with Gasteiger partial charge in [-0.25, -0.2) is 4.21 Å². The Hall–Kier alpha value is -2.07. The molecule has 2 N–H and O–H groups in total. The molecule has 0 radical (unpaired) electrons. The molecule has 0 bridgehead atoms. The number of hydrogen-bond acceptors (Lipinski definition) is 3. The van der Waals surface area contributed by atoms with E-state index in [4.69, 9.17) is 10.5 Å². The molecular formula is C15H13NO2S. The van der Waals surface area contributed by atoms with E-state index in [1.54, 1.807) is 13.0 Å². The molecular weight excluding hydrogens is 258 g/mol. The van der Waals surface area contributed by atoms with Crippen molar-refractivity contribution < 1.29 is 8.95 Å². The van der Waals surface area contributed by atoms with Gasteiger partial charge in [-0.3, -0.25) is 0 Å². The lowest BCUT2D eigenvalue weighted by Gasteiger charge is -2.07. The molecule has 3 rings (SSSR count). The maximum Gasteiger partial charge on any atom is 0.128 e. The van der Waals surface area contributed by atoms with Gasteiger partial charge in [-0.05, 0) is 37.3 Å². The summed E-state index contributed by atoms with van der Waals surface area (Å²) in [5, 5.41) is 0. The van der Waals surface area contributed by atoms with Crippen molar-refractivity contribution >= 4 is 16.5 Å². The van der Waals surface area contributed by atoms with Gasteiger partial charge in [0, 0.05) is 10.5 Å². The van der Waals surface area contributed by atoms with Crippen LogP contribution in [0.4, 0.5) is 0 Å². The van der Waals surface area contributed by atoms with Crippen molar-refractivity contribution in [1.82, 2.24) is 0 Å². The summed E-state index contributed by atoms with van der Waals surface area (Å²) in [6.45, 7) is 1.79. The van der Waals surface area contributed by atoms with Crippen LogP contribution in [0.3, 0.4) is 0 Å². The number of para-hydroxylation sites is 1. The van der Waals surface area contributed by atoms with E-state index in [1.807, 2.05) is 42.5 Å². The average molecular weight is 271 g/mol. The Labute approximate surface area is 114 Å². The van der Waals surface area contributed by atoms with Gasteiger partial charge in [-0.15, -0.1) is 0 Å². The molecule has 0 saturated carbocycles. The first-order valence-corrected chi connectivity index (χ1v) is 7.07. The van der Waals surface area contributed by atoms with Gasteiger partial charge in [0.15, 0.2) is 0 Å². The fourth-order valence-electron chi connectivity index (χ4n) is 2.02. The van der Waals surface area contributed by atoms with Gasteiger partial charge in [0.1, 0.15) is 11.5 Å². The maximum atomic E-state index is 12.1. The molecule has 3 nitrogen and oxygen atoms in total. The molecule has 0 amide bonds. The van der Waals surface area contributed by atoms with E-state index in [2.05, 4.69) is 0 Å². The molecule has 0 aromatic heterocycles. The molecule has 0 saturated heterocycles. The first-order chi connectivity index (χ1) is 9.16. The number of ether oxygens (including phenoxy) is 1. The number of hydrogen-bond donors (Lipinski definition) is 1. The van der Waals surface area contributed by atoms with E-state index in [1.165, 1.54) is 0 Å². The lowest BCUT2D eigenvalue weighted by Crippen LogP contribution is -1.94. The van der Waals surface area contributed by atoms with Crippen LogP contribution < -0.4 is 10.5 Å². The Morgan fingerprint density at radius 1 is 1.05 bits per heavy atom. The van der Waals surface area contributed by atoms with Crippen LogP contribution in [0.1, 0.15) is 12.5 Å². The highest BCUT2D eigenvalue weighted by Gasteiger charge is 2.24. The summed E-state index contributed by atoms with van der Waals surface area (Å²) in [6.07, 6.45) is 0. The van der Waals surface area contributed by atoms with Crippen molar-refractivity contribution in [3.63, 3.8) is 0 Å². The van der Waals surface area contributed by atoms with Crippen molar-refractivity contribution in [2.75, 3.05) is 0 Å². The van der Waals surface area contributed by atoms with Gasteiger partial charge in [0.25, 0.3) is 0 Å². The summed E-state index contributed by atoms with van der Waals surface area (Å²) >= 11 is 0. The molecule has 19 heavy (non-hydrogen) atoms. The summed E-state index contributed by atoms with van der Waals surface area (Å²) in [5.41, 5.74) is 7.38. The number of nitrogens with two attached hydrogens (primary N) is 1. The summed E-state index contributed by atoms with van der Waals surface area (Å²) < 4.78 is 17.9. The average Bonchev–Trinajstić information content (AvgIpc) is 2.65. The largest absolute Gasteiger partial charge is 0.457 e. The molecule has 96 valence electrons. The fraction of sp³-hybridized carbons (Fsp3) is 0.0667. The second kappa shape index (κ2) is 4.55. The third kappa shape index (κ3) is 2.04. The van der Waals surface area contributed by atoms with Crippen molar-refractivity contribution in [3.8, 4) is 11.5 Å². The van der Waals surface area contributed by atoms with Crippen LogP contribution in [-0.2, 0) is 10.8 Å². The first-order valence-electron chi connectivity index (χ1n) is 5.92. The summed E-state index contributed by atoms with van der Waals surface area (Å²) in [4.78, 5) is 1.44. The van der Waals surface area contributed by atoms with Gasteiger partial charge in [-0.2, -0.15) is 0 Å². The molecule has 1 unspecified atom stereocenters. The van der Waals surface area contributed by atoms with Gasteiger partial charge in [-0.1, -0.05) is 18.2 Å². The Morgan fingerprint density at radius 2 is 1.79 bits per heavy atom. The molecule has 2 aromatic carbocycles. The Morgan fingerprint density at radius 3 is 2.53 bits per heavy atom. The van der Waals surface area contributed by atoms with Crippen molar-refractivity contribution in [3.05, 3.63) is 59.0 Å². The monoisotopic (exact) mass is 271 g/mol. The highest BCUT2D eigenvalue weighted by Crippen LogP contribution is 2.36. The van der Waals surface area contributed by atoms with Gasteiger partial charge < -0.3 is 10.5 Å². The molecule has 0 fully saturated rings. The molecule has 1 aliphatic rings. The summed E-state index contributed by atoms with van der Waals surface area (Å²) in [6, 6.07) is 15.0. The molecule has 1 aliphatic heterocycles. The van der Waals surface area contributed by atoms with Gasteiger partial charge in [0.05, 0.1) is 21.4 Å². The minimum Gasteiger partial charge on any atom is -0.457 e. The highest BCUT2D eigenvalue weighted by molar-refractivity contribution is 7.89. The summed E-state index contributed by atoms with van der Waals surface area (Å²) in [7, 11) is -1.17. The van der Waals surface area contributed by atoms with Crippen LogP contribution in [0.25, 0.3) is 5.70 Å². The fourth-order valence-corrected chi connectivity index (χ4v) is 3.26. The predicted molar refractivity (Wildman–Crippen MR) is 76.1 cm³/mol. The third-order valence-corrected chi connectivity index (χ3v) is 4.59. The molecule has 0 aliphatic carbocycles. The SMILES string of the molecule is CC1=C(N)c2ccc(Oc3ccccc3)cc2S1=O. The van der Waals surface area contributed by atoms with E-state index in [0.717, 1.165) is 16.2 Å². The highest BCUT2D eigenvalue weighted by atomic mass is 32.2. The zero-order chi connectivity index (χ0) is 13.4. The van der Waals surface area contributed by atoms with E-state index in [0.29, 0.717) is 16.4 Å². The quantitative estimate of drug-likeness (QED) is 0.912. The molecule has 1 atom stereocenters. The Bertz CT molecular complexity index is 693. The van der Waals surface area contributed by atoms with Crippen LogP contribution in [0.2, 0.25) is 0 Å². The first kappa shape index (κ1) is 12.0. The number of benzene rings is 2. The van der Waals surface area contributed by atoms with E-state index in [-0.39, 0.29) is 0 Å². The minimum atomic E-state index is -1.17. The van der Waals surface area contributed by atoms with Crippen LogP contribution in [-0.4, -0.2) is 4.21 Å². The smallest absolute Gasteiger partial charge is 0.128 e. The normalized spacial score (nSPS) is 17.4. The second-order valence-electron chi connectivity index (χ2n) is 4.31. The van der Waals surface area contributed by atoms with Crippen LogP contribution in [0, 0.1) is 0 Å². The predicted octanol–water partition coefficient (Wildman–Crippen LogP) is 3.25. The Balaban J connectivity index is 1.95. The molecule has 1 heterocycles. The standard InChI is InChI=1S/C15H13NO2S/c1-10-15(16)13-8-7-12(9-14(13)19(10)17)18-11-5-3-2-4-6-11/h2-9H,16H2,1H3. The molecule has 4 heteroatoms. The van der Waals surface area contributed by atoms with E-state index >= 15 is 0 Å². The number of fused-ring (bicyclic) bond motifs is 1. The van der Waals surface area contributed by atoms with Crippen LogP contribution >= 0.6 is 0 Å². The second-order valence-corrected chi connectivity index (χ2v) is 5.90. The van der Waals surface area contributed by atoms with Crippen LogP contribution in [0.5, 0.6) is 11.5 Å². The van der Waals surface area contributed by atoms with Crippen molar-refractivity contribution in [1.29, 1.82) is 0 Å².